The number of nitrogens with one attached hydrogen (secondary N) is 2. The molecule has 19 heavy (non-hydrogen) atoms. The summed E-state index contributed by atoms with van der Waals surface area (Å²) in [5.41, 5.74) is 0.156. The lowest BCUT2D eigenvalue weighted by atomic mass is 10.2. The Kier molecular flexibility index (Phi) is 5.57. The highest BCUT2D eigenvalue weighted by molar-refractivity contribution is 6.30. The number of hydrogen-bond donors (Lipinski definition) is 3. The molecule has 0 heterocycles. The molecule has 1 aromatic rings. The molecule has 0 aliphatic heterocycles. The van der Waals surface area contributed by atoms with Gasteiger partial charge < -0.3 is 15.7 Å². The van der Waals surface area contributed by atoms with Crippen LogP contribution in [0.1, 0.15) is 19.8 Å². The molecule has 0 saturated heterocycles. The maximum absolute atomic E-state index is 13.0. The molecule has 0 aromatic heterocycles. The zero-order chi connectivity index (χ0) is 14.4. The molecule has 104 valence electrons. The summed E-state index contributed by atoms with van der Waals surface area (Å²) in [7, 11) is 0. The maximum Gasteiger partial charge on any atom is 0.326 e. The molecule has 0 fully saturated rings. The van der Waals surface area contributed by atoms with E-state index >= 15 is 0 Å². The molecule has 0 spiro atoms. The van der Waals surface area contributed by atoms with E-state index in [1.54, 1.807) is 0 Å². The van der Waals surface area contributed by atoms with Crippen molar-refractivity contribution in [3.63, 3.8) is 0 Å². The second-order valence-electron chi connectivity index (χ2n) is 3.94. The van der Waals surface area contributed by atoms with E-state index in [0.29, 0.717) is 12.8 Å². The number of hydrogen-bond acceptors (Lipinski definition) is 2. The van der Waals surface area contributed by atoms with Crippen LogP contribution >= 0.6 is 11.6 Å². The lowest BCUT2D eigenvalue weighted by Gasteiger charge is -2.14. The van der Waals surface area contributed by atoms with Crippen molar-refractivity contribution in [3.8, 4) is 0 Å². The Morgan fingerprint density at radius 2 is 2.11 bits per heavy atom. The Balaban J connectivity index is 2.66. The summed E-state index contributed by atoms with van der Waals surface area (Å²) in [6.07, 6.45) is 0.926. The Hall–Kier alpha value is -1.82. The van der Waals surface area contributed by atoms with Crippen LogP contribution in [0, 0.1) is 5.82 Å². The number of amides is 2. The number of carbonyl (C=O) groups is 2. The van der Waals surface area contributed by atoms with Gasteiger partial charge in [0.15, 0.2) is 0 Å². The van der Waals surface area contributed by atoms with E-state index in [1.807, 2.05) is 6.92 Å². The van der Waals surface area contributed by atoms with Crippen LogP contribution in [-0.2, 0) is 4.79 Å². The molecule has 1 aromatic carbocycles. The number of carbonyl (C=O) groups excluding carboxylic acids is 1. The van der Waals surface area contributed by atoms with Crippen LogP contribution in [0.4, 0.5) is 14.9 Å². The summed E-state index contributed by atoms with van der Waals surface area (Å²) in [6, 6.07) is 1.85. The summed E-state index contributed by atoms with van der Waals surface area (Å²) in [6.45, 7) is 1.81. The summed E-state index contributed by atoms with van der Waals surface area (Å²) in [5.74, 6) is -1.71. The minimum atomic E-state index is -1.12. The van der Waals surface area contributed by atoms with Crippen LogP contribution in [0.5, 0.6) is 0 Å². The molecular weight excluding hydrogens is 275 g/mol. The highest BCUT2D eigenvalue weighted by Gasteiger charge is 2.18. The molecule has 3 N–H and O–H groups in total. The lowest BCUT2D eigenvalue weighted by Crippen LogP contribution is -2.42. The van der Waals surface area contributed by atoms with Crippen LogP contribution < -0.4 is 10.6 Å². The first kappa shape index (κ1) is 15.2. The third-order valence-electron chi connectivity index (χ3n) is 2.30. The van der Waals surface area contributed by atoms with E-state index in [4.69, 9.17) is 16.7 Å². The van der Waals surface area contributed by atoms with E-state index in [0.717, 1.165) is 12.1 Å². The number of anilines is 1. The Morgan fingerprint density at radius 3 is 2.63 bits per heavy atom. The van der Waals surface area contributed by atoms with Gasteiger partial charge in [0.25, 0.3) is 0 Å². The van der Waals surface area contributed by atoms with Gasteiger partial charge in [-0.2, -0.15) is 0 Å². The van der Waals surface area contributed by atoms with E-state index in [9.17, 15) is 14.0 Å². The molecule has 1 rings (SSSR count). The molecule has 0 aliphatic rings. The molecular formula is C12H14ClFN2O3. The highest BCUT2D eigenvalue weighted by atomic mass is 35.5. The minimum Gasteiger partial charge on any atom is -0.480 e. The second-order valence-corrected chi connectivity index (χ2v) is 4.37. The number of urea groups is 1. The number of carboxylic acids is 1. The monoisotopic (exact) mass is 288 g/mol. The average Bonchev–Trinajstić information content (AvgIpc) is 2.26. The Labute approximate surface area is 114 Å². The van der Waals surface area contributed by atoms with Crippen LogP contribution in [0.2, 0.25) is 5.02 Å². The standard InChI is InChI=1S/C12H14ClFN2O3/c1-2-3-10(11(17)18)16-12(19)15-9-5-7(13)4-8(14)6-9/h4-6,10H,2-3H2,1H3,(H,17,18)(H2,15,16,19)/t10-/m0/s1. The second kappa shape index (κ2) is 6.94. The molecule has 5 nitrogen and oxygen atoms in total. The zero-order valence-corrected chi connectivity index (χ0v) is 11.0. The van der Waals surface area contributed by atoms with Gasteiger partial charge in [0, 0.05) is 10.7 Å². The van der Waals surface area contributed by atoms with Gasteiger partial charge in [-0.05, 0) is 24.6 Å². The van der Waals surface area contributed by atoms with E-state index in [-0.39, 0.29) is 10.7 Å². The maximum atomic E-state index is 13.0. The van der Waals surface area contributed by atoms with Crippen LogP contribution in [0.3, 0.4) is 0 Å². The number of halogens is 2. The number of benzene rings is 1. The van der Waals surface area contributed by atoms with E-state index in [2.05, 4.69) is 10.6 Å². The molecule has 0 radical (unpaired) electrons. The first-order valence-electron chi connectivity index (χ1n) is 5.68. The molecule has 0 aliphatic carbocycles. The summed E-state index contributed by atoms with van der Waals surface area (Å²) >= 11 is 5.63. The Morgan fingerprint density at radius 1 is 1.42 bits per heavy atom. The molecule has 1 atom stereocenters. The summed E-state index contributed by atoms with van der Waals surface area (Å²) in [5, 5.41) is 13.6. The fraction of sp³-hybridized carbons (Fsp3) is 0.333. The average molecular weight is 289 g/mol. The van der Waals surface area contributed by atoms with Crippen LogP contribution in [0.15, 0.2) is 18.2 Å². The Bertz CT molecular complexity index is 462. The fourth-order valence-corrected chi connectivity index (χ4v) is 1.72. The normalized spacial score (nSPS) is 11.7. The molecule has 7 heteroatoms. The SMILES string of the molecule is CCC[C@H](NC(=O)Nc1cc(F)cc(Cl)c1)C(=O)O. The molecule has 0 saturated carbocycles. The zero-order valence-electron chi connectivity index (χ0n) is 10.2. The highest BCUT2D eigenvalue weighted by Crippen LogP contribution is 2.17. The van der Waals surface area contributed by atoms with Crippen molar-refractivity contribution < 1.29 is 19.1 Å². The van der Waals surface area contributed by atoms with E-state index < -0.39 is 23.9 Å². The van der Waals surface area contributed by atoms with Gasteiger partial charge in [0.1, 0.15) is 11.9 Å². The topological polar surface area (TPSA) is 78.4 Å². The van der Waals surface area contributed by atoms with Gasteiger partial charge >= 0.3 is 12.0 Å². The van der Waals surface area contributed by atoms with Crippen molar-refractivity contribution in [2.45, 2.75) is 25.8 Å². The predicted molar refractivity (Wildman–Crippen MR) is 69.9 cm³/mol. The molecule has 2 amide bonds. The number of aliphatic carboxylic acids is 1. The largest absolute Gasteiger partial charge is 0.480 e. The third-order valence-corrected chi connectivity index (χ3v) is 2.52. The van der Waals surface area contributed by atoms with E-state index in [1.165, 1.54) is 6.07 Å². The predicted octanol–water partition coefficient (Wildman–Crippen LogP) is 2.85. The van der Waals surface area contributed by atoms with Gasteiger partial charge in [0.05, 0.1) is 0 Å². The van der Waals surface area contributed by atoms with Gasteiger partial charge in [-0.25, -0.2) is 14.0 Å². The molecule has 0 unspecified atom stereocenters. The van der Waals surface area contributed by atoms with Crippen LogP contribution in [-0.4, -0.2) is 23.1 Å². The van der Waals surface area contributed by atoms with Crippen molar-refractivity contribution >= 4 is 29.3 Å². The van der Waals surface area contributed by atoms with Gasteiger partial charge in [-0.1, -0.05) is 24.9 Å². The van der Waals surface area contributed by atoms with Crippen molar-refractivity contribution in [2.24, 2.45) is 0 Å². The quantitative estimate of drug-likeness (QED) is 0.779. The minimum absolute atomic E-state index is 0.138. The number of carboxylic acid groups (broad SMARTS) is 1. The summed E-state index contributed by atoms with van der Waals surface area (Å²) in [4.78, 5) is 22.4. The van der Waals surface area contributed by atoms with Crippen molar-refractivity contribution in [2.75, 3.05) is 5.32 Å². The first-order chi connectivity index (χ1) is 8.92. The van der Waals surface area contributed by atoms with Gasteiger partial charge in [-0.3, -0.25) is 0 Å². The van der Waals surface area contributed by atoms with Crippen LogP contribution in [0.25, 0.3) is 0 Å². The first-order valence-corrected chi connectivity index (χ1v) is 6.06. The third kappa shape index (κ3) is 5.13. The molecule has 0 bridgehead atoms. The smallest absolute Gasteiger partial charge is 0.326 e. The number of rotatable bonds is 5. The van der Waals surface area contributed by atoms with Crippen molar-refractivity contribution in [1.82, 2.24) is 5.32 Å². The van der Waals surface area contributed by atoms with Crippen molar-refractivity contribution in [1.29, 1.82) is 0 Å². The van der Waals surface area contributed by atoms with Gasteiger partial charge in [0.2, 0.25) is 0 Å². The lowest BCUT2D eigenvalue weighted by molar-refractivity contribution is -0.139. The fourth-order valence-electron chi connectivity index (χ4n) is 1.50. The van der Waals surface area contributed by atoms with Crippen molar-refractivity contribution in [3.05, 3.63) is 29.0 Å². The van der Waals surface area contributed by atoms with Gasteiger partial charge in [-0.15, -0.1) is 0 Å². The summed E-state index contributed by atoms with van der Waals surface area (Å²) < 4.78 is 13.0.